The third kappa shape index (κ3) is 2.61. The summed E-state index contributed by atoms with van der Waals surface area (Å²) in [5.74, 6) is 2.04. The van der Waals surface area contributed by atoms with Gasteiger partial charge in [0.1, 0.15) is 0 Å². The Hall–Kier alpha value is -0.820. The van der Waals surface area contributed by atoms with E-state index in [2.05, 4.69) is 31.2 Å². The second kappa shape index (κ2) is 5.05. The molecule has 0 spiro atoms. The zero-order valence-corrected chi connectivity index (χ0v) is 11.3. The summed E-state index contributed by atoms with van der Waals surface area (Å²) in [4.78, 5) is 0. The molecule has 98 valence electrons. The van der Waals surface area contributed by atoms with E-state index in [9.17, 15) is 5.11 Å². The predicted molar refractivity (Wildman–Crippen MR) is 74.5 cm³/mol. The molecule has 2 saturated carbocycles. The zero-order chi connectivity index (χ0) is 12.5. The molecule has 3 unspecified atom stereocenters. The first-order chi connectivity index (χ1) is 8.74. The Morgan fingerprint density at radius 1 is 1.17 bits per heavy atom. The molecular weight excluding hydrogens is 220 g/mol. The standard InChI is InChI=1S/C17H24O/c1-12-4-2-6-15(10-12)17(18)16-7-3-5-14(11-16)13-8-9-13/h3,5,7,11-13,15,17-18H,2,4,6,8-10H2,1H3. The van der Waals surface area contributed by atoms with Gasteiger partial charge >= 0.3 is 0 Å². The summed E-state index contributed by atoms with van der Waals surface area (Å²) in [5, 5.41) is 10.6. The van der Waals surface area contributed by atoms with Crippen molar-refractivity contribution in [1.29, 1.82) is 0 Å². The summed E-state index contributed by atoms with van der Waals surface area (Å²) in [6.07, 6.45) is 7.43. The number of hydrogen-bond acceptors (Lipinski definition) is 1. The fourth-order valence-electron chi connectivity index (χ4n) is 3.45. The largest absolute Gasteiger partial charge is 0.388 e. The van der Waals surface area contributed by atoms with Gasteiger partial charge in [0.25, 0.3) is 0 Å². The van der Waals surface area contributed by atoms with Crippen LogP contribution in [0, 0.1) is 11.8 Å². The minimum absolute atomic E-state index is 0.244. The van der Waals surface area contributed by atoms with Crippen LogP contribution in [0.5, 0.6) is 0 Å². The first-order valence-corrected chi connectivity index (χ1v) is 7.52. The highest BCUT2D eigenvalue weighted by atomic mass is 16.3. The summed E-state index contributed by atoms with van der Waals surface area (Å²) in [7, 11) is 0. The topological polar surface area (TPSA) is 20.2 Å². The van der Waals surface area contributed by atoms with Crippen molar-refractivity contribution in [1.82, 2.24) is 0 Å². The van der Waals surface area contributed by atoms with Crippen LogP contribution in [0.15, 0.2) is 24.3 Å². The molecule has 1 aromatic rings. The fourth-order valence-corrected chi connectivity index (χ4v) is 3.45. The van der Waals surface area contributed by atoms with E-state index in [1.807, 2.05) is 0 Å². The maximum atomic E-state index is 10.6. The van der Waals surface area contributed by atoms with Crippen LogP contribution in [0.3, 0.4) is 0 Å². The third-order valence-electron chi connectivity index (χ3n) is 4.72. The van der Waals surface area contributed by atoms with E-state index in [1.165, 1.54) is 44.1 Å². The first-order valence-electron chi connectivity index (χ1n) is 7.52. The van der Waals surface area contributed by atoms with Gasteiger partial charge in [-0.25, -0.2) is 0 Å². The van der Waals surface area contributed by atoms with Gasteiger partial charge in [-0.05, 0) is 54.6 Å². The average molecular weight is 244 g/mol. The van der Waals surface area contributed by atoms with Crippen LogP contribution in [-0.2, 0) is 0 Å². The lowest BCUT2D eigenvalue weighted by Gasteiger charge is -2.30. The molecule has 0 heterocycles. The summed E-state index contributed by atoms with van der Waals surface area (Å²) in [6.45, 7) is 2.32. The lowest BCUT2D eigenvalue weighted by atomic mass is 9.78. The van der Waals surface area contributed by atoms with Gasteiger partial charge in [-0.15, -0.1) is 0 Å². The van der Waals surface area contributed by atoms with Crippen molar-refractivity contribution in [2.75, 3.05) is 0 Å². The van der Waals surface area contributed by atoms with Gasteiger partial charge < -0.3 is 5.11 Å². The molecule has 2 fully saturated rings. The normalized spacial score (nSPS) is 30.1. The molecule has 0 radical (unpaired) electrons. The Morgan fingerprint density at radius 3 is 2.72 bits per heavy atom. The lowest BCUT2D eigenvalue weighted by molar-refractivity contribution is 0.0713. The number of benzene rings is 1. The highest BCUT2D eigenvalue weighted by Crippen LogP contribution is 2.42. The number of aliphatic hydroxyl groups is 1. The molecule has 1 nitrogen and oxygen atoms in total. The monoisotopic (exact) mass is 244 g/mol. The van der Waals surface area contributed by atoms with E-state index < -0.39 is 0 Å². The smallest absolute Gasteiger partial charge is 0.0818 e. The highest BCUT2D eigenvalue weighted by molar-refractivity contribution is 5.30. The van der Waals surface area contributed by atoms with Crippen LogP contribution in [0.2, 0.25) is 0 Å². The Balaban J connectivity index is 1.74. The molecule has 2 aliphatic carbocycles. The minimum Gasteiger partial charge on any atom is -0.388 e. The van der Waals surface area contributed by atoms with Gasteiger partial charge in [0.2, 0.25) is 0 Å². The van der Waals surface area contributed by atoms with Gasteiger partial charge in [0.05, 0.1) is 6.10 Å². The average Bonchev–Trinajstić information content (AvgIpc) is 3.22. The van der Waals surface area contributed by atoms with Gasteiger partial charge in [-0.1, -0.05) is 44.0 Å². The van der Waals surface area contributed by atoms with E-state index in [1.54, 1.807) is 0 Å². The minimum atomic E-state index is -0.244. The Morgan fingerprint density at radius 2 is 2.00 bits per heavy atom. The molecule has 18 heavy (non-hydrogen) atoms. The molecule has 2 aliphatic rings. The predicted octanol–water partition coefficient (Wildman–Crippen LogP) is 4.42. The summed E-state index contributed by atoms with van der Waals surface area (Å²) >= 11 is 0. The molecule has 3 rings (SSSR count). The molecule has 0 aliphatic heterocycles. The highest BCUT2D eigenvalue weighted by Gasteiger charge is 2.28. The second-order valence-corrected chi connectivity index (χ2v) is 6.42. The van der Waals surface area contributed by atoms with E-state index in [0.29, 0.717) is 5.92 Å². The molecule has 1 aromatic carbocycles. The van der Waals surface area contributed by atoms with Gasteiger partial charge in [0, 0.05) is 0 Å². The molecule has 0 aromatic heterocycles. The maximum Gasteiger partial charge on any atom is 0.0818 e. The molecular formula is C17H24O. The quantitative estimate of drug-likeness (QED) is 0.834. The lowest BCUT2D eigenvalue weighted by Crippen LogP contribution is -2.20. The Bertz CT molecular complexity index is 408. The number of hydrogen-bond donors (Lipinski definition) is 1. The zero-order valence-electron chi connectivity index (χ0n) is 11.3. The van der Waals surface area contributed by atoms with E-state index >= 15 is 0 Å². The molecule has 1 heteroatoms. The molecule has 3 atom stereocenters. The van der Waals surface area contributed by atoms with Gasteiger partial charge in [0.15, 0.2) is 0 Å². The van der Waals surface area contributed by atoms with Crippen molar-refractivity contribution in [3.8, 4) is 0 Å². The molecule has 0 saturated heterocycles. The van der Waals surface area contributed by atoms with E-state index in [0.717, 1.165) is 17.4 Å². The SMILES string of the molecule is CC1CCCC(C(O)c2cccc(C3CC3)c2)C1. The van der Waals surface area contributed by atoms with Crippen molar-refractivity contribution < 1.29 is 5.11 Å². The van der Waals surface area contributed by atoms with Crippen molar-refractivity contribution >= 4 is 0 Å². The summed E-state index contributed by atoms with van der Waals surface area (Å²) in [6, 6.07) is 8.70. The van der Waals surface area contributed by atoms with Crippen LogP contribution >= 0.6 is 0 Å². The first kappa shape index (κ1) is 12.2. The maximum absolute atomic E-state index is 10.6. The molecule has 0 amide bonds. The van der Waals surface area contributed by atoms with Crippen molar-refractivity contribution in [2.45, 2.75) is 57.5 Å². The Labute approximate surface area is 110 Å². The number of rotatable bonds is 3. The van der Waals surface area contributed by atoms with Gasteiger partial charge in [-0.3, -0.25) is 0 Å². The van der Waals surface area contributed by atoms with E-state index in [4.69, 9.17) is 0 Å². The second-order valence-electron chi connectivity index (χ2n) is 6.42. The third-order valence-corrected chi connectivity index (χ3v) is 4.72. The van der Waals surface area contributed by atoms with Gasteiger partial charge in [-0.2, -0.15) is 0 Å². The van der Waals surface area contributed by atoms with Crippen molar-refractivity contribution in [2.24, 2.45) is 11.8 Å². The Kier molecular flexibility index (Phi) is 3.43. The van der Waals surface area contributed by atoms with Crippen LogP contribution < -0.4 is 0 Å². The summed E-state index contributed by atoms with van der Waals surface area (Å²) < 4.78 is 0. The van der Waals surface area contributed by atoms with Crippen LogP contribution in [0.4, 0.5) is 0 Å². The van der Waals surface area contributed by atoms with Crippen molar-refractivity contribution in [3.63, 3.8) is 0 Å². The molecule has 1 N–H and O–H groups in total. The fraction of sp³-hybridized carbons (Fsp3) is 0.647. The van der Waals surface area contributed by atoms with Crippen LogP contribution in [0.1, 0.15) is 68.6 Å². The van der Waals surface area contributed by atoms with E-state index in [-0.39, 0.29) is 6.10 Å². The molecule has 0 bridgehead atoms. The van der Waals surface area contributed by atoms with Crippen molar-refractivity contribution in [3.05, 3.63) is 35.4 Å². The number of aliphatic hydroxyl groups excluding tert-OH is 1. The summed E-state index contributed by atoms with van der Waals surface area (Å²) in [5.41, 5.74) is 2.59. The van der Waals surface area contributed by atoms with Crippen LogP contribution in [-0.4, -0.2) is 5.11 Å². The van der Waals surface area contributed by atoms with Crippen LogP contribution in [0.25, 0.3) is 0 Å².